The van der Waals surface area contributed by atoms with E-state index in [1.165, 1.54) is 12.1 Å². The van der Waals surface area contributed by atoms with E-state index in [-0.39, 0.29) is 5.69 Å². The Bertz CT molecular complexity index is 627. The molecule has 6 heteroatoms. The zero-order valence-corrected chi connectivity index (χ0v) is 11.3. The van der Waals surface area contributed by atoms with E-state index < -0.39 is 12.1 Å². The predicted octanol–water partition coefficient (Wildman–Crippen LogP) is 4.23. The van der Waals surface area contributed by atoms with E-state index in [0.29, 0.717) is 23.5 Å². The lowest BCUT2D eigenvalue weighted by molar-refractivity contribution is -0.274. The summed E-state index contributed by atoms with van der Waals surface area (Å²) < 4.78 is 46.2. The molecule has 2 rings (SSSR count). The van der Waals surface area contributed by atoms with Crippen molar-refractivity contribution in [3.8, 4) is 22.6 Å². The number of hydrogen-bond acceptors (Lipinski definition) is 3. The van der Waals surface area contributed by atoms with E-state index >= 15 is 0 Å². The van der Waals surface area contributed by atoms with Gasteiger partial charge >= 0.3 is 6.36 Å². The molecule has 0 bridgehead atoms. The standard InChI is InChI=1S/C15H14F3NO2/c1-2-20-12-5-3-4-10(8-12)11-6-7-13(19)14(9-11)21-15(16,17)18/h3-9H,2,19H2,1H3. The fourth-order valence-electron chi connectivity index (χ4n) is 1.86. The highest BCUT2D eigenvalue weighted by Gasteiger charge is 2.32. The van der Waals surface area contributed by atoms with Gasteiger partial charge < -0.3 is 15.2 Å². The van der Waals surface area contributed by atoms with E-state index in [1.807, 2.05) is 6.92 Å². The molecule has 21 heavy (non-hydrogen) atoms. The van der Waals surface area contributed by atoms with Crippen molar-refractivity contribution in [2.24, 2.45) is 0 Å². The van der Waals surface area contributed by atoms with Gasteiger partial charge in [0.1, 0.15) is 5.75 Å². The van der Waals surface area contributed by atoms with Crippen molar-refractivity contribution in [2.45, 2.75) is 13.3 Å². The van der Waals surface area contributed by atoms with Crippen molar-refractivity contribution in [2.75, 3.05) is 12.3 Å². The molecule has 0 unspecified atom stereocenters. The van der Waals surface area contributed by atoms with E-state index in [9.17, 15) is 13.2 Å². The SMILES string of the molecule is CCOc1cccc(-c2ccc(N)c(OC(F)(F)F)c2)c1. The fraction of sp³-hybridized carbons (Fsp3) is 0.200. The molecular weight excluding hydrogens is 283 g/mol. The van der Waals surface area contributed by atoms with E-state index in [2.05, 4.69) is 4.74 Å². The fourth-order valence-corrected chi connectivity index (χ4v) is 1.86. The molecule has 0 aliphatic heterocycles. The summed E-state index contributed by atoms with van der Waals surface area (Å²) in [6, 6.07) is 11.3. The van der Waals surface area contributed by atoms with Crippen LogP contribution in [0.2, 0.25) is 0 Å². The lowest BCUT2D eigenvalue weighted by Crippen LogP contribution is -2.18. The summed E-state index contributed by atoms with van der Waals surface area (Å²) in [4.78, 5) is 0. The topological polar surface area (TPSA) is 44.5 Å². The average molecular weight is 297 g/mol. The predicted molar refractivity (Wildman–Crippen MR) is 74.1 cm³/mol. The summed E-state index contributed by atoms with van der Waals surface area (Å²) in [6.07, 6.45) is -4.78. The zero-order valence-electron chi connectivity index (χ0n) is 11.3. The summed E-state index contributed by atoms with van der Waals surface area (Å²) in [5.74, 6) is 0.229. The molecule has 0 saturated heterocycles. The van der Waals surface area contributed by atoms with Crippen LogP contribution in [0.25, 0.3) is 11.1 Å². The minimum Gasteiger partial charge on any atom is -0.494 e. The van der Waals surface area contributed by atoms with Crippen molar-refractivity contribution in [3.63, 3.8) is 0 Å². The number of alkyl halides is 3. The number of benzene rings is 2. The molecule has 0 radical (unpaired) electrons. The van der Waals surface area contributed by atoms with Crippen LogP contribution in [-0.4, -0.2) is 13.0 Å². The van der Waals surface area contributed by atoms with Crippen molar-refractivity contribution < 1.29 is 22.6 Å². The molecule has 2 aromatic carbocycles. The Kier molecular flexibility index (Phi) is 4.26. The quantitative estimate of drug-likeness (QED) is 0.859. The van der Waals surface area contributed by atoms with Gasteiger partial charge in [0, 0.05) is 0 Å². The first-order chi connectivity index (χ1) is 9.89. The van der Waals surface area contributed by atoms with Gasteiger partial charge in [-0.1, -0.05) is 18.2 Å². The first kappa shape index (κ1) is 15.0. The van der Waals surface area contributed by atoms with Crippen molar-refractivity contribution in [1.82, 2.24) is 0 Å². The third-order valence-corrected chi connectivity index (χ3v) is 2.72. The largest absolute Gasteiger partial charge is 0.573 e. The third-order valence-electron chi connectivity index (χ3n) is 2.72. The van der Waals surface area contributed by atoms with Crippen molar-refractivity contribution in [1.29, 1.82) is 0 Å². The highest BCUT2D eigenvalue weighted by Crippen LogP contribution is 2.33. The second kappa shape index (κ2) is 5.95. The summed E-state index contributed by atoms with van der Waals surface area (Å²) in [5.41, 5.74) is 6.71. The van der Waals surface area contributed by atoms with Crippen LogP contribution in [0.3, 0.4) is 0 Å². The van der Waals surface area contributed by atoms with Crippen molar-refractivity contribution >= 4 is 5.69 Å². The number of anilines is 1. The number of nitrogens with two attached hydrogens (primary N) is 1. The molecule has 0 spiro atoms. The Balaban J connectivity index is 2.36. The van der Waals surface area contributed by atoms with Gasteiger partial charge in [0.25, 0.3) is 0 Å². The molecule has 0 aromatic heterocycles. The van der Waals surface area contributed by atoms with Crippen LogP contribution in [0, 0.1) is 0 Å². The van der Waals surface area contributed by atoms with Gasteiger partial charge in [-0.15, -0.1) is 13.2 Å². The first-order valence-corrected chi connectivity index (χ1v) is 6.27. The van der Waals surface area contributed by atoms with E-state index in [4.69, 9.17) is 10.5 Å². The Labute approximate surface area is 120 Å². The van der Waals surface area contributed by atoms with Gasteiger partial charge in [-0.2, -0.15) is 0 Å². The highest BCUT2D eigenvalue weighted by molar-refractivity contribution is 5.70. The molecular formula is C15H14F3NO2. The minimum absolute atomic E-state index is 0.0722. The molecule has 2 N–H and O–H groups in total. The van der Waals surface area contributed by atoms with Crippen LogP contribution in [0.15, 0.2) is 42.5 Å². The molecule has 3 nitrogen and oxygen atoms in total. The minimum atomic E-state index is -4.78. The van der Waals surface area contributed by atoms with E-state index in [1.54, 1.807) is 30.3 Å². The van der Waals surface area contributed by atoms with Gasteiger partial charge in [-0.3, -0.25) is 0 Å². The Hall–Kier alpha value is -2.37. The zero-order chi connectivity index (χ0) is 15.5. The molecule has 0 fully saturated rings. The second-order valence-corrected chi connectivity index (χ2v) is 4.26. The summed E-state index contributed by atoms with van der Waals surface area (Å²) in [7, 11) is 0. The summed E-state index contributed by atoms with van der Waals surface area (Å²) in [6.45, 7) is 2.36. The molecule has 0 aliphatic rings. The molecule has 0 atom stereocenters. The number of halogens is 3. The van der Waals surface area contributed by atoms with Crippen LogP contribution in [-0.2, 0) is 0 Å². The Morgan fingerprint density at radius 2 is 1.76 bits per heavy atom. The lowest BCUT2D eigenvalue weighted by atomic mass is 10.0. The summed E-state index contributed by atoms with van der Waals surface area (Å²) >= 11 is 0. The number of nitrogen functional groups attached to an aromatic ring is 1. The average Bonchev–Trinajstić information content (AvgIpc) is 2.40. The first-order valence-electron chi connectivity index (χ1n) is 6.27. The second-order valence-electron chi connectivity index (χ2n) is 4.26. The van der Waals surface area contributed by atoms with Crippen LogP contribution < -0.4 is 15.2 Å². The normalized spacial score (nSPS) is 11.2. The number of rotatable bonds is 4. The van der Waals surface area contributed by atoms with Crippen LogP contribution in [0.5, 0.6) is 11.5 Å². The maximum Gasteiger partial charge on any atom is 0.573 e. The third kappa shape index (κ3) is 4.05. The van der Waals surface area contributed by atoms with Gasteiger partial charge in [0.05, 0.1) is 12.3 Å². The van der Waals surface area contributed by atoms with Crippen LogP contribution in [0.1, 0.15) is 6.92 Å². The number of hydrogen-bond donors (Lipinski definition) is 1. The maximum atomic E-state index is 12.3. The Morgan fingerprint density at radius 3 is 2.43 bits per heavy atom. The summed E-state index contributed by atoms with van der Waals surface area (Å²) in [5, 5.41) is 0. The van der Waals surface area contributed by atoms with Gasteiger partial charge in [0.2, 0.25) is 0 Å². The molecule has 2 aromatic rings. The number of ether oxygens (including phenoxy) is 2. The molecule has 0 heterocycles. The van der Waals surface area contributed by atoms with Crippen LogP contribution in [0.4, 0.5) is 18.9 Å². The maximum absolute atomic E-state index is 12.3. The molecule has 112 valence electrons. The van der Waals surface area contributed by atoms with E-state index in [0.717, 1.165) is 0 Å². The van der Waals surface area contributed by atoms with Gasteiger partial charge in [-0.05, 0) is 42.3 Å². The van der Waals surface area contributed by atoms with Crippen molar-refractivity contribution in [3.05, 3.63) is 42.5 Å². The van der Waals surface area contributed by atoms with Gasteiger partial charge in [0.15, 0.2) is 5.75 Å². The molecule has 0 amide bonds. The van der Waals surface area contributed by atoms with Gasteiger partial charge in [-0.25, -0.2) is 0 Å². The Morgan fingerprint density at radius 1 is 1.05 bits per heavy atom. The smallest absolute Gasteiger partial charge is 0.494 e. The monoisotopic (exact) mass is 297 g/mol. The molecule has 0 aliphatic carbocycles. The molecule has 0 saturated carbocycles. The van der Waals surface area contributed by atoms with Crippen LogP contribution >= 0.6 is 0 Å². The highest BCUT2D eigenvalue weighted by atomic mass is 19.4. The lowest BCUT2D eigenvalue weighted by Gasteiger charge is -2.13.